The third-order valence-corrected chi connectivity index (χ3v) is 5.01. The first-order valence-corrected chi connectivity index (χ1v) is 8.05. The van der Waals surface area contributed by atoms with Gasteiger partial charge in [-0.05, 0) is 37.5 Å². The fourth-order valence-electron chi connectivity index (χ4n) is 1.59. The summed E-state index contributed by atoms with van der Waals surface area (Å²) >= 11 is 0. The Morgan fingerprint density at radius 2 is 1.80 bits per heavy atom. The minimum absolute atomic E-state index is 0.128. The molecule has 1 aromatic carbocycles. The van der Waals surface area contributed by atoms with Crippen molar-refractivity contribution in [2.75, 3.05) is 6.54 Å². The minimum atomic E-state index is -3.68. The second kappa shape index (κ2) is 6.37. The van der Waals surface area contributed by atoms with Crippen molar-refractivity contribution in [2.24, 2.45) is 5.41 Å². The zero-order chi connectivity index (χ0) is 15.4. The van der Waals surface area contributed by atoms with Crippen LogP contribution in [0.2, 0.25) is 0 Å². The van der Waals surface area contributed by atoms with Gasteiger partial charge in [0.05, 0.1) is 10.3 Å². The molecule has 5 nitrogen and oxygen atoms in total. The van der Waals surface area contributed by atoms with Gasteiger partial charge in [0.15, 0.2) is 0 Å². The fourth-order valence-corrected chi connectivity index (χ4v) is 2.76. The van der Waals surface area contributed by atoms with Crippen LogP contribution in [-0.2, 0) is 21.2 Å². The lowest BCUT2D eigenvalue weighted by molar-refractivity contribution is -0.147. The number of hydrogen-bond acceptors (Lipinski definition) is 3. The maximum Gasteiger partial charge on any atom is 0.310 e. The smallest absolute Gasteiger partial charge is 0.310 e. The van der Waals surface area contributed by atoms with Crippen molar-refractivity contribution in [1.29, 1.82) is 0 Å². The number of nitrogens with one attached hydrogen (secondary N) is 1. The Labute approximate surface area is 120 Å². The van der Waals surface area contributed by atoms with Crippen molar-refractivity contribution >= 4 is 16.0 Å². The number of hydrogen-bond donors (Lipinski definition) is 2. The van der Waals surface area contributed by atoms with Gasteiger partial charge in [-0.3, -0.25) is 4.79 Å². The average molecular weight is 299 g/mol. The summed E-state index contributed by atoms with van der Waals surface area (Å²) in [7, 11) is -3.68. The SMILES string of the molecule is CCc1ccc(S(=O)(=O)NCC(C)(CC)C(=O)O)cc1. The van der Waals surface area contributed by atoms with Crippen molar-refractivity contribution < 1.29 is 18.3 Å². The Balaban J connectivity index is 2.87. The van der Waals surface area contributed by atoms with Gasteiger partial charge in [-0.2, -0.15) is 0 Å². The van der Waals surface area contributed by atoms with Gasteiger partial charge in [0.2, 0.25) is 10.0 Å². The summed E-state index contributed by atoms with van der Waals surface area (Å²) in [6.45, 7) is 5.11. The average Bonchev–Trinajstić information content (AvgIpc) is 2.44. The summed E-state index contributed by atoms with van der Waals surface area (Å²) in [5, 5.41) is 9.13. The Hall–Kier alpha value is -1.40. The number of benzene rings is 1. The second-order valence-corrected chi connectivity index (χ2v) is 6.81. The van der Waals surface area contributed by atoms with E-state index in [1.807, 2.05) is 6.92 Å². The highest BCUT2D eigenvalue weighted by Crippen LogP contribution is 2.21. The van der Waals surface area contributed by atoms with Crippen LogP contribution in [0.3, 0.4) is 0 Å². The van der Waals surface area contributed by atoms with Crippen LogP contribution < -0.4 is 4.72 Å². The molecule has 0 spiro atoms. The number of aryl methyl sites for hydroxylation is 1. The van der Waals surface area contributed by atoms with Gasteiger partial charge >= 0.3 is 5.97 Å². The van der Waals surface area contributed by atoms with E-state index in [2.05, 4.69) is 4.72 Å². The molecule has 20 heavy (non-hydrogen) atoms. The van der Waals surface area contributed by atoms with E-state index < -0.39 is 21.4 Å². The van der Waals surface area contributed by atoms with E-state index in [0.29, 0.717) is 6.42 Å². The Morgan fingerprint density at radius 1 is 1.25 bits per heavy atom. The molecule has 0 heterocycles. The van der Waals surface area contributed by atoms with Gasteiger partial charge in [0.1, 0.15) is 0 Å². The predicted molar refractivity (Wildman–Crippen MR) is 77.0 cm³/mol. The van der Waals surface area contributed by atoms with Crippen LogP contribution in [0.15, 0.2) is 29.2 Å². The molecule has 1 unspecified atom stereocenters. The normalized spacial score (nSPS) is 14.8. The van der Waals surface area contributed by atoms with Crippen molar-refractivity contribution in [3.63, 3.8) is 0 Å². The molecule has 1 aromatic rings. The summed E-state index contributed by atoms with van der Waals surface area (Å²) < 4.78 is 26.6. The van der Waals surface area contributed by atoms with Crippen LogP contribution in [0, 0.1) is 5.41 Å². The molecule has 0 amide bonds. The summed E-state index contributed by atoms with van der Waals surface area (Å²) in [5.74, 6) is -1.01. The number of sulfonamides is 1. The summed E-state index contributed by atoms with van der Waals surface area (Å²) in [6.07, 6.45) is 1.18. The molecule has 0 aromatic heterocycles. The van der Waals surface area contributed by atoms with Crippen LogP contribution in [0.4, 0.5) is 0 Å². The van der Waals surface area contributed by atoms with E-state index in [1.54, 1.807) is 19.1 Å². The van der Waals surface area contributed by atoms with Gasteiger partial charge in [-0.25, -0.2) is 13.1 Å². The van der Waals surface area contributed by atoms with Crippen LogP contribution in [0.5, 0.6) is 0 Å². The molecule has 6 heteroatoms. The van der Waals surface area contributed by atoms with E-state index >= 15 is 0 Å². The van der Waals surface area contributed by atoms with Crippen LogP contribution in [0.1, 0.15) is 32.8 Å². The van der Waals surface area contributed by atoms with Gasteiger partial charge < -0.3 is 5.11 Å². The molecule has 0 aliphatic rings. The monoisotopic (exact) mass is 299 g/mol. The molecule has 0 saturated heterocycles. The van der Waals surface area contributed by atoms with Gasteiger partial charge in [-0.15, -0.1) is 0 Å². The third kappa shape index (κ3) is 3.80. The third-order valence-electron chi connectivity index (χ3n) is 3.59. The van der Waals surface area contributed by atoms with Crippen molar-refractivity contribution in [3.05, 3.63) is 29.8 Å². The number of carbonyl (C=O) groups is 1. The van der Waals surface area contributed by atoms with E-state index in [9.17, 15) is 13.2 Å². The lowest BCUT2D eigenvalue weighted by Gasteiger charge is -2.23. The zero-order valence-corrected chi connectivity index (χ0v) is 12.8. The highest BCUT2D eigenvalue weighted by atomic mass is 32.2. The first-order valence-electron chi connectivity index (χ1n) is 6.57. The largest absolute Gasteiger partial charge is 0.481 e. The van der Waals surface area contributed by atoms with Crippen LogP contribution in [-0.4, -0.2) is 26.0 Å². The minimum Gasteiger partial charge on any atom is -0.481 e. The molecule has 112 valence electrons. The number of carboxylic acid groups (broad SMARTS) is 1. The summed E-state index contributed by atoms with van der Waals surface area (Å²) in [6, 6.07) is 6.58. The Morgan fingerprint density at radius 3 is 2.20 bits per heavy atom. The van der Waals surface area contributed by atoms with Gasteiger partial charge in [-0.1, -0.05) is 26.0 Å². The molecule has 2 N–H and O–H groups in total. The summed E-state index contributed by atoms with van der Waals surface area (Å²) in [4.78, 5) is 11.3. The van der Waals surface area contributed by atoms with Gasteiger partial charge in [0, 0.05) is 6.54 Å². The molecular weight excluding hydrogens is 278 g/mol. The molecule has 0 bridgehead atoms. The Kier molecular flexibility index (Phi) is 5.30. The molecule has 0 aliphatic carbocycles. The number of aliphatic carboxylic acids is 1. The molecule has 0 fully saturated rings. The molecule has 1 rings (SSSR count). The second-order valence-electron chi connectivity index (χ2n) is 5.04. The standard InChI is InChI=1S/C14H21NO4S/c1-4-11-6-8-12(9-7-11)20(18,19)15-10-14(3,5-2)13(16)17/h6-9,15H,4-5,10H2,1-3H3,(H,16,17). The molecular formula is C14H21NO4S. The first-order chi connectivity index (χ1) is 9.25. The predicted octanol–water partition coefficient (Wildman–Crippen LogP) is 2.03. The van der Waals surface area contributed by atoms with E-state index in [4.69, 9.17) is 5.11 Å². The number of carboxylic acids is 1. The van der Waals surface area contributed by atoms with Crippen molar-refractivity contribution in [2.45, 2.75) is 38.5 Å². The van der Waals surface area contributed by atoms with E-state index in [-0.39, 0.29) is 11.4 Å². The zero-order valence-electron chi connectivity index (χ0n) is 12.0. The number of rotatable bonds is 7. The molecule has 0 radical (unpaired) electrons. The molecule has 0 aliphatic heterocycles. The maximum absolute atomic E-state index is 12.1. The molecule has 1 atom stereocenters. The lowest BCUT2D eigenvalue weighted by Crippen LogP contribution is -2.40. The van der Waals surface area contributed by atoms with Crippen molar-refractivity contribution in [1.82, 2.24) is 4.72 Å². The topological polar surface area (TPSA) is 83.5 Å². The van der Waals surface area contributed by atoms with E-state index in [0.717, 1.165) is 12.0 Å². The molecule has 0 saturated carbocycles. The quantitative estimate of drug-likeness (QED) is 0.807. The van der Waals surface area contributed by atoms with Crippen LogP contribution >= 0.6 is 0 Å². The fraction of sp³-hybridized carbons (Fsp3) is 0.500. The first kappa shape index (κ1) is 16.7. The van der Waals surface area contributed by atoms with Crippen molar-refractivity contribution in [3.8, 4) is 0 Å². The lowest BCUT2D eigenvalue weighted by atomic mass is 9.88. The maximum atomic E-state index is 12.1. The summed E-state index contributed by atoms with van der Waals surface area (Å²) in [5.41, 5.74) is -0.0518. The highest BCUT2D eigenvalue weighted by Gasteiger charge is 2.32. The highest BCUT2D eigenvalue weighted by molar-refractivity contribution is 7.89. The van der Waals surface area contributed by atoms with Gasteiger partial charge in [0.25, 0.3) is 0 Å². The van der Waals surface area contributed by atoms with Crippen LogP contribution in [0.25, 0.3) is 0 Å². The van der Waals surface area contributed by atoms with E-state index in [1.165, 1.54) is 19.1 Å². The Bertz CT molecular complexity index is 565.